The number of ether oxygens (including phenoxy) is 1. The Labute approximate surface area is 130 Å². The highest BCUT2D eigenvalue weighted by molar-refractivity contribution is 5.94. The zero-order valence-electron chi connectivity index (χ0n) is 12.7. The van der Waals surface area contributed by atoms with Gasteiger partial charge in [-0.15, -0.1) is 0 Å². The third kappa shape index (κ3) is 3.28. The zero-order chi connectivity index (χ0) is 15.4. The minimum Gasteiger partial charge on any atom is -0.497 e. The molecule has 2 aromatic rings. The third-order valence-corrected chi connectivity index (χ3v) is 3.96. The quantitative estimate of drug-likeness (QED) is 0.890. The van der Waals surface area contributed by atoms with Gasteiger partial charge in [-0.25, -0.2) is 0 Å². The fourth-order valence-corrected chi connectivity index (χ4v) is 2.65. The van der Waals surface area contributed by atoms with E-state index < -0.39 is 0 Å². The molecule has 0 fully saturated rings. The van der Waals surface area contributed by atoms with Crippen LogP contribution in [0.4, 0.5) is 0 Å². The van der Waals surface area contributed by atoms with Gasteiger partial charge in [-0.3, -0.25) is 4.79 Å². The standard InChI is InChI=1S/C18H20N2O2/c1-22-17-6-2-13(3-7-17)8-9-20-18(21)14-4-5-15-11-19-12-16(15)10-14/h2-7,10,19H,8-9,11-12H2,1H3,(H,20,21). The molecule has 3 rings (SSSR count). The van der Waals surface area contributed by atoms with Crippen LogP contribution in [0.25, 0.3) is 0 Å². The smallest absolute Gasteiger partial charge is 0.251 e. The van der Waals surface area contributed by atoms with Crippen LogP contribution < -0.4 is 15.4 Å². The number of carbonyl (C=O) groups is 1. The molecule has 0 radical (unpaired) electrons. The van der Waals surface area contributed by atoms with Crippen molar-refractivity contribution >= 4 is 5.91 Å². The van der Waals surface area contributed by atoms with Gasteiger partial charge in [-0.1, -0.05) is 18.2 Å². The van der Waals surface area contributed by atoms with Crippen molar-refractivity contribution < 1.29 is 9.53 Å². The number of hydrogen-bond acceptors (Lipinski definition) is 3. The molecule has 0 saturated heterocycles. The molecule has 1 heterocycles. The molecule has 0 aromatic heterocycles. The first-order chi connectivity index (χ1) is 10.8. The largest absolute Gasteiger partial charge is 0.497 e. The molecule has 2 N–H and O–H groups in total. The van der Waals surface area contributed by atoms with Crippen LogP contribution in [0.5, 0.6) is 5.75 Å². The van der Waals surface area contributed by atoms with E-state index in [1.54, 1.807) is 7.11 Å². The molecule has 1 aliphatic rings. The fourth-order valence-electron chi connectivity index (χ4n) is 2.65. The van der Waals surface area contributed by atoms with Crippen LogP contribution in [0.3, 0.4) is 0 Å². The fraction of sp³-hybridized carbons (Fsp3) is 0.278. The number of methoxy groups -OCH3 is 1. The number of hydrogen-bond donors (Lipinski definition) is 2. The van der Waals surface area contributed by atoms with E-state index in [0.717, 1.165) is 30.8 Å². The average molecular weight is 296 g/mol. The van der Waals surface area contributed by atoms with Crippen molar-refractivity contribution in [3.8, 4) is 5.75 Å². The molecule has 1 amide bonds. The molecule has 2 aromatic carbocycles. The van der Waals surface area contributed by atoms with Crippen molar-refractivity contribution in [3.63, 3.8) is 0 Å². The molecule has 0 bridgehead atoms. The monoisotopic (exact) mass is 296 g/mol. The maximum atomic E-state index is 12.2. The van der Waals surface area contributed by atoms with E-state index in [0.29, 0.717) is 6.54 Å². The third-order valence-electron chi connectivity index (χ3n) is 3.96. The molecule has 4 nitrogen and oxygen atoms in total. The Morgan fingerprint density at radius 2 is 1.91 bits per heavy atom. The van der Waals surface area contributed by atoms with Crippen LogP contribution >= 0.6 is 0 Å². The van der Waals surface area contributed by atoms with Gasteiger partial charge < -0.3 is 15.4 Å². The minimum atomic E-state index is -0.0109. The predicted molar refractivity (Wildman–Crippen MR) is 86.0 cm³/mol. The lowest BCUT2D eigenvalue weighted by molar-refractivity contribution is 0.0954. The Hall–Kier alpha value is -2.33. The van der Waals surface area contributed by atoms with Crippen LogP contribution in [-0.4, -0.2) is 19.6 Å². The van der Waals surface area contributed by atoms with E-state index in [1.807, 2.05) is 42.5 Å². The Morgan fingerprint density at radius 1 is 1.14 bits per heavy atom. The van der Waals surface area contributed by atoms with Gasteiger partial charge in [0.2, 0.25) is 0 Å². The van der Waals surface area contributed by atoms with Crippen LogP contribution in [0.15, 0.2) is 42.5 Å². The van der Waals surface area contributed by atoms with Crippen LogP contribution in [0.2, 0.25) is 0 Å². The van der Waals surface area contributed by atoms with Gasteiger partial charge in [-0.2, -0.15) is 0 Å². The molecular weight excluding hydrogens is 276 g/mol. The van der Waals surface area contributed by atoms with Crippen molar-refractivity contribution in [1.29, 1.82) is 0 Å². The van der Waals surface area contributed by atoms with Gasteiger partial charge in [0, 0.05) is 25.2 Å². The van der Waals surface area contributed by atoms with E-state index in [1.165, 1.54) is 16.7 Å². The summed E-state index contributed by atoms with van der Waals surface area (Å²) >= 11 is 0. The number of amides is 1. The second-order valence-electron chi connectivity index (χ2n) is 5.44. The molecule has 0 spiro atoms. The first-order valence-electron chi connectivity index (χ1n) is 7.50. The maximum absolute atomic E-state index is 12.2. The number of carbonyl (C=O) groups excluding carboxylic acids is 1. The van der Waals surface area contributed by atoms with Crippen LogP contribution in [0, 0.1) is 0 Å². The van der Waals surface area contributed by atoms with Crippen molar-refractivity contribution in [2.24, 2.45) is 0 Å². The summed E-state index contributed by atoms with van der Waals surface area (Å²) in [6, 6.07) is 13.8. The minimum absolute atomic E-state index is 0.0109. The van der Waals surface area contributed by atoms with Crippen molar-refractivity contribution in [2.45, 2.75) is 19.5 Å². The predicted octanol–water partition coefficient (Wildman–Crippen LogP) is 2.27. The van der Waals surface area contributed by atoms with Gasteiger partial charge in [0.25, 0.3) is 5.91 Å². The molecule has 4 heteroatoms. The number of nitrogens with one attached hydrogen (secondary N) is 2. The lowest BCUT2D eigenvalue weighted by Gasteiger charge is -2.07. The topological polar surface area (TPSA) is 50.4 Å². The highest BCUT2D eigenvalue weighted by Crippen LogP contribution is 2.17. The summed E-state index contributed by atoms with van der Waals surface area (Å²) in [6.07, 6.45) is 0.808. The van der Waals surface area contributed by atoms with Crippen LogP contribution in [0.1, 0.15) is 27.0 Å². The molecule has 0 aliphatic carbocycles. The molecule has 1 aliphatic heterocycles. The lowest BCUT2D eigenvalue weighted by atomic mass is 10.1. The summed E-state index contributed by atoms with van der Waals surface area (Å²) in [7, 11) is 1.65. The Kier molecular flexibility index (Phi) is 4.39. The number of fused-ring (bicyclic) bond motifs is 1. The van der Waals surface area contributed by atoms with E-state index in [9.17, 15) is 4.79 Å². The summed E-state index contributed by atoms with van der Waals surface area (Å²) in [5.74, 6) is 0.836. The van der Waals surface area contributed by atoms with Crippen LogP contribution in [-0.2, 0) is 19.5 Å². The summed E-state index contributed by atoms with van der Waals surface area (Å²) in [6.45, 7) is 2.37. The normalized spacial score (nSPS) is 12.8. The molecular formula is C18H20N2O2. The summed E-state index contributed by atoms with van der Waals surface area (Å²) in [5.41, 5.74) is 4.43. The van der Waals surface area contributed by atoms with Gasteiger partial charge in [0.15, 0.2) is 0 Å². The van der Waals surface area contributed by atoms with E-state index >= 15 is 0 Å². The van der Waals surface area contributed by atoms with E-state index in [-0.39, 0.29) is 5.91 Å². The lowest BCUT2D eigenvalue weighted by Crippen LogP contribution is -2.25. The summed E-state index contributed by atoms with van der Waals surface area (Å²) in [5, 5.41) is 6.26. The summed E-state index contributed by atoms with van der Waals surface area (Å²) < 4.78 is 5.13. The second-order valence-corrected chi connectivity index (χ2v) is 5.44. The second kappa shape index (κ2) is 6.62. The Balaban J connectivity index is 1.53. The average Bonchev–Trinajstić information content (AvgIpc) is 3.03. The molecule has 0 unspecified atom stereocenters. The Bertz CT molecular complexity index is 665. The van der Waals surface area contributed by atoms with Gasteiger partial charge in [0.05, 0.1) is 7.11 Å². The SMILES string of the molecule is COc1ccc(CCNC(=O)c2ccc3c(c2)CNC3)cc1. The molecule has 0 saturated carbocycles. The van der Waals surface area contributed by atoms with E-state index in [2.05, 4.69) is 10.6 Å². The van der Waals surface area contributed by atoms with Gasteiger partial charge in [0.1, 0.15) is 5.75 Å². The van der Waals surface area contributed by atoms with Gasteiger partial charge >= 0.3 is 0 Å². The first-order valence-corrected chi connectivity index (χ1v) is 7.50. The first kappa shape index (κ1) is 14.6. The number of rotatable bonds is 5. The molecule has 22 heavy (non-hydrogen) atoms. The van der Waals surface area contributed by atoms with Crippen molar-refractivity contribution in [3.05, 3.63) is 64.7 Å². The summed E-state index contributed by atoms with van der Waals surface area (Å²) in [4.78, 5) is 12.2. The molecule has 0 atom stereocenters. The van der Waals surface area contributed by atoms with Gasteiger partial charge in [-0.05, 0) is 47.4 Å². The highest BCUT2D eigenvalue weighted by atomic mass is 16.5. The number of benzene rings is 2. The maximum Gasteiger partial charge on any atom is 0.251 e. The highest BCUT2D eigenvalue weighted by Gasteiger charge is 2.13. The van der Waals surface area contributed by atoms with Crippen molar-refractivity contribution in [1.82, 2.24) is 10.6 Å². The molecule has 114 valence electrons. The van der Waals surface area contributed by atoms with Crippen molar-refractivity contribution in [2.75, 3.05) is 13.7 Å². The van der Waals surface area contributed by atoms with E-state index in [4.69, 9.17) is 4.74 Å². The zero-order valence-corrected chi connectivity index (χ0v) is 12.7. The Morgan fingerprint density at radius 3 is 2.68 bits per heavy atom.